The third-order valence-electron chi connectivity index (χ3n) is 3.83. The largest absolute Gasteiger partial charge is 0.354 e. The molecule has 2 saturated carbocycles. The van der Waals surface area contributed by atoms with Crippen LogP contribution in [0.15, 0.2) is 0 Å². The zero-order valence-corrected chi connectivity index (χ0v) is 10.6. The molecule has 92 valence electrons. The molecule has 16 heavy (non-hydrogen) atoms. The highest BCUT2D eigenvalue weighted by Gasteiger charge is 2.30. The first kappa shape index (κ1) is 12.2. The van der Waals surface area contributed by atoms with Crippen molar-refractivity contribution in [1.29, 1.82) is 0 Å². The van der Waals surface area contributed by atoms with Gasteiger partial charge in [-0.3, -0.25) is 4.79 Å². The highest BCUT2D eigenvalue weighted by Crippen LogP contribution is 2.35. The van der Waals surface area contributed by atoms with Crippen molar-refractivity contribution in [2.75, 3.05) is 6.54 Å². The smallest absolute Gasteiger partial charge is 0.223 e. The van der Waals surface area contributed by atoms with Crippen LogP contribution in [0, 0.1) is 11.8 Å². The average Bonchev–Trinajstić information content (AvgIpc) is 3.09. The minimum absolute atomic E-state index is 0.162. The lowest BCUT2D eigenvalue weighted by Crippen LogP contribution is -2.35. The molecular formula is C13H22ClNO. The van der Waals surface area contributed by atoms with E-state index >= 15 is 0 Å². The van der Waals surface area contributed by atoms with Crippen molar-refractivity contribution >= 4 is 17.5 Å². The molecule has 2 rings (SSSR count). The van der Waals surface area contributed by atoms with Gasteiger partial charge in [0.2, 0.25) is 5.91 Å². The van der Waals surface area contributed by atoms with E-state index in [4.69, 9.17) is 11.6 Å². The third-order valence-corrected chi connectivity index (χ3v) is 4.34. The highest BCUT2D eigenvalue weighted by atomic mass is 35.5. The number of rotatable bonds is 4. The zero-order valence-electron chi connectivity index (χ0n) is 9.88. The first-order valence-electron chi connectivity index (χ1n) is 6.69. The Morgan fingerprint density at radius 2 is 1.75 bits per heavy atom. The maximum Gasteiger partial charge on any atom is 0.223 e. The number of carbonyl (C=O) groups excluding carboxylic acids is 1. The van der Waals surface area contributed by atoms with E-state index in [0.717, 1.165) is 12.8 Å². The van der Waals surface area contributed by atoms with Crippen LogP contribution in [-0.2, 0) is 4.79 Å². The summed E-state index contributed by atoms with van der Waals surface area (Å²) >= 11 is 6.18. The van der Waals surface area contributed by atoms with Gasteiger partial charge in [0.1, 0.15) is 0 Å². The van der Waals surface area contributed by atoms with Crippen LogP contribution >= 0.6 is 11.6 Å². The highest BCUT2D eigenvalue weighted by molar-refractivity contribution is 6.21. The second-order valence-corrected chi connectivity index (χ2v) is 5.85. The van der Waals surface area contributed by atoms with Gasteiger partial charge in [-0.05, 0) is 31.6 Å². The molecule has 1 N–H and O–H groups in total. The lowest BCUT2D eigenvalue weighted by Gasteiger charge is -2.15. The van der Waals surface area contributed by atoms with E-state index < -0.39 is 0 Å². The summed E-state index contributed by atoms with van der Waals surface area (Å²) in [6.45, 7) is 0.668. The molecular weight excluding hydrogens is 222 g/mol. The molecule has 0 radical (unpaired) electrons. The van der Waals surface area contributed by atoms with Crippen LogP contribution in [0.25, 0.3) is 0 Å². The number of carbonyl (C=O) groups is 1. The van der Waals surface area contributed by atoms with Gasteiger partial charge in [-0.1, -0.05) is 25.7 Å². The van der Waals surface area contributed by atoms with Gasteiger partial charge in [-0.15, -0.1) is 11.6 Å². The normalized spacial score (nSPS) is 24.8. The topological polar surface area (TPSA) is 29.1 Å². The lowest BCUT2D eigenvalue weighted by molar-refractivity contribution is -0.125. The van der Waals surface area contributed by atoms with Gasteiger partial charge in [-0.25, -0.2) is 0 Å². The standard InChI is InChI=1S/C13H22ClNO/c14-12(10-7-8-10)9-15-13(16)11-5-3-1-2-4-6-11/h10-12H,1-9H2,(H,15,16). The fourth-order valence-electron chi connectivity index (χ4n) is 2.51. The predicted octanol–water partition coefficient (Wildman–Crippen LogP) is 3.09. The van der Waals surface area contributed by atoms with Gasteiger partial charge >= 0.3 is 0 Å². The molecule has 0 saturated heterocycles. The zero-order chi connectivity index (χ0) is 11.4. The molecule has 0 spiro atoms. The number of halogens is 1. The van der Waals surface area contributed by atoms with E-state index in [1.807, 2.05) is 0 Å². The Kier molecular flexibility index (Phi) is 4.51. The summed E-state index contributed by atoms with van der Waals surface area (Å²) in [5, 5.41) is 3.19. The fraction of sp³-hybridized carbons (Fsp3) is 0.923. The minimum atomic E-state index is 0.162. The van der Waals surface area contributed by atoms with Crippen molar-refractivity contribution in [3.8, 4) is 0 Å². The Hall–Kier alpha value is -0.240. The van der Waals surface area contributed by atoms with Crippen LogP contribution in [0.2, 0.25) is 0 Å². The number of hydrogen-bond acceptors (Lipinski definition) is 1. The van der Waals surface area contributed by atoms with Crippen LogP contribution in [0.4, 0.5) is 0 Å². The number of nitrogens with one attached hydrogen (secondary N) is 1. The summed E-state index contributed by atoms with van der Waals surface area (Å²) in [5.41, 5.74) is 0. The SMILES string of the molecule is O=C(NCC(Cl)C1CC1)C1CCCCCC1. The first-order valence-corrected chi connectivity index (χ1v) is 7.13. The molecule has 1 atom stereocenters. The summed E-state index contributed by atoms with van der Waals surface area (Å²) in [6.07, 6.45) is 9.65. The Labute approximate surface area is 103 Å². The summed E-state index contributed by atoms with van der Waals surface area (Å²) < 4.78 is 0. The molecule has 0 aromatic rings. The number of hydrogen-bond donors (Lipinski definition) is 1. The predicted molar refractivity (Wildman–Crippen MR) is 66.6 cm³/mol. The maximum atomic E-state index is 11.9. The van der Waals surface area contributed by atoms with Crippen LogP contribution in [-0.4, -0.2) is 17.8 Å². The van der Waals surface area contributed by atoms with E-state index in [1.165, 1.54) is 38.5 Å². The maximum absolute atomic E-state index is 11.9. The molecule has 1 amide bonds. The van der Waals surface area contributed by atoms with Crippen molar-refractivity contribution in [3.05, 3.63) is 0 Å². The van der Waals surface area contributed by atoms with Crippen molar-refractivity contribution in [1.82, 2.24) is 5.32 Å². The molecule has 2 aliphatic carbocycles. The second-order valence-electron chi connectivity index (χ2n) is 5.29. The van der Waals surface area contributed by atoms with Gasteiger partial charge in [0.05, 0.1) is 5.38 Å². The van der Waals surface area contributed by atoms with Crippen LogP contribution in [0.3, 0.4) is 0 Å². The van der Waals surface area contributed by atoms with E-state index in [9.17, 15) is 4.79 Å². The molecule has 0 heterocycles. The number of amides is 1. The lowest BCUT2D eigenvalue weighted by atomic mass is 9.99. The Bertz CT molecular complexity index is 232. The van der Waals surface area contributed by atoms with Crippen molar-refractivity contribution in [3.63, 3.8) is 0 Å². The minimum Gasteiger partial charge on any atom is -0.354 e. The Morgan fingerprint density at radius 1 is 1.12 bits per heavy atom. The first-order chi connectivity index (χ1) is 7.77. The molecule has 2 nitrogen and oxygen atoms in total. The molecule has 2 aliphatic rings. The van der Waals surface area contributed by atoms with E-state index in [-0.39, 0.29) is 17.2 Å². The second kappa shape index (κ2) is 5.90. The molecule has 0 aromatic heterocycles. The monoisotopic (exact) mass is 243 g/mol. The van der Waals surface area contributed by atoms with E-state index in [0.29, 0.717) is 12.5 Å². The summed E-state index contributed by atoms with van der Waals surface area (Å²) in [5.74, 6) is 1.16. The summed E-state index contributed by atoms with van der Waals surface area (Å²) in [7, 11) is 0. The molecule has 3 heteroatoms. The average molecular weight is 244 g/mol. The quantitative estimate of drug-likeness (QED) is 0.597. The van der Waals surface area contributed by atoms with Gasteiger partial charge in [-0.2, -0.15) is 0 Å². The molecule has 2 fully saturated rings. The Morgan fingerprint density at radius 3 is 2.31 bits per heavy atom. The summed E-state index contributed by atoms with van der Waals surface area (Å²) in [6, 6.07) is 0. The molecule has 0 aromatic carbocycles. The van der Waals surface area contributed by atoms with Gasteiger partial charge in [0.15, 0.2) is 0 Å². The molecule has 1 unspecified atom stereocenters. The Balaban J connectivity index is 1.68. The molecule has 0 bridgehead atoms. The van der Waals surface area contributed by atoms with Gasteiger partial charge in [0.25, 0.3) is 0 Å². The van der Waals surface area contributed by atoms with Gasteiger partial charge < -0.3 is 5.32 Å². The van der Waals surface area contributed by atoms with Crippen molar-refractivity contribution < 1.29 is 4.79 Å². The summed E-state index contributed by atoms with van der Waals surface area (Å²) in [4.78, 5) is 11.9. The van der Waals surface area contributed by atoms with Crippen LogP contribution in [0.5, 0.6) is 0 Å². The van der Waals surface area contributed by atoms with E-state index in [2.05, 4.69) is 5.32 Å². The fourth-order valence-corrected chi connectivity index (χ4v) is 2.84. The molecule has 0 aliphatic heterocycles. The van der Waals surface area contributed by atoms with E-state index in [1.54, 1.807) is 0 Å². The van der Waals surface area contributed by atoms with Gasteiger partial charge in [0, 0.05) is 12.5 Å². The third kappa shape index (κ3) is 3.65. The van der Waals surface area contributed by atoms with Crippen LogP contribution in [0.1, 0.15) is 51.4 Å². The van der Waals surface area contributed by atoms with Crippen molar-refractivity contribution in [2.24, 2.45) is 11.8 Å². The van der Waals surface area contributed by atoms with Crippen LogP contribution < -0.4 is 5.32 Å². The van der Waals surface area contributed by atoms with Crippen molar-refractivity contribution in [2.45, 2.75) is 56.7 Å². The number of alkyl halides is 1.